The van der Waals surface area contributed by atoms with E-state index in [4.69, 9.17) is 0 Å². The average molecular weight is 362 g/mol. The van der Waals surface area contributed by atoms with Gasteiger partial charge in [0.15, 0.2) is 0 Å². The second-order valence-corrected chi connectivity index (χ2v) is 10.8. The number of hydrogen-bond acceptors (Lipinski definition) is 1. The summed E-state index contributed by atoms with van der Waals surface area (Å²) in [6, 6.07) is 34.2. The topological polar surface area (TPSA) is 12.0 Å². The van der Waals surface area contributed by atoms with E-state index < -0.39 is 7.26 Å². The first kappa shape index (κ1) is 18.8. The van der Waals surface area contributed by atoms with Crippen molar-refractivity contribution in [1.29, 1.82) is 0 Å². The zero-order valence-corrected chi connectivity index (χ0v) is 16.9. The molecule has 0 bridgehead atoms. The van der Waals surface area contributed by atoms with Gasteiger partial charge in [-0.2, -0.15) is 0 Å². The Labute approximate surface area is 158 Å². The van der Waals surface area contributed by atoms with Crippen LogP contribution in [-0.2, 0) is 0 Å². The largest absolute Gasteiger partial charge is 0.309 e. The summed E-state index contributed by atoms with van der Waals surface area (Å²) in [6.45, 7) is 6.78. The van der Waals surface area contributed by atoms with Crippen LogP contribution in [-0.4, -0.2) is 18.2 Å². The lowest BCUT2D eigenvalue weighted by atomic mass is 10.3. The second kappa shape index (κ2) is 8.62. The third-order valence-electron chi connectivity index (χ3n) is 4.76. The minimum absolute atomic E-state index is 0.434. The van der Waals surface area contributed by atoms with Gasteiger partial charge in [0, 0.05) is 12.1 Å². The second-order valence-electron chi connectivity index (χ2n) is 7.22. The number of benzene rings is 3. The quantitative estimate of drug-likeness (QED) is 0.616. The highest BCUT2D eigenvalue weighted by atomic mass is 31.2. The minimum Gasteiger partial charge on any atom is -0.309 e. The van der Waals surface area contributed by atoms with Gasteiger partial charge in [0.05, 0.1) is 6.16 Å². The molecule has 0 amide bonds. The highest BCUT2D eigenvalue weighted by Crippen LogP contribution is 2.55. The maximum atomic E-state index is 3.74. The smallest absolute Gasteiger partial charge is 0.113 e. The minimum atomic E-state index is -1.73. The molecule has 0 aliphatic heterocycles. The standard InChI is InChI=1S/C24H29NP/c1-20(2)25-21(3)19-26(22-13-7-4-8-14-22,23-15-9-5-10-16-23)24-17-11-6-12-18-24/h4-18,20-21,25H,19H2,1-3H3/q+1. The van der Waals surface area contributed by atoms with Crippen LogP contribution in [0.3, 0.4) is 0 Å². The van der Waals surface area contributed by atoms with Gasteiger partial charge in [-0.3, -0.25) is 0 Å². The molecule has 0 aromatic heterocycles. The summed E-state index contributed by atoms with van der Waals surface area (Å²) in [7, 11) is -1.73. The highest BCUT2D eigenvalue weighted by Gasteiger charge is 2.46. The van der Waals surface area contributed by atoms with Crippen molar-refractivity contribution in [2.45, 2.75) is 32.9 Å². The van der Waals surface area contributed by atoms with Gasteiger partial charge in [-0.25, -0.2) is 0 Å². The van der Waals surface area contributed by atoms with E-state index in [1.54, 1.807) is 0 Å². The first-order valence-corrected chi connectivity index (χ1v) is 11.4. The molecule has 3 rings (SSSR count). The van der Waals surface area contributed by atoms with Crippen LogP contribution in [0.5, 0.6) is 0 Å². The number of nitrogens with one attached hydrogen (secondary N) is 1. The molecule has 26 heavy (non-hydrogen) atoms. The fraction of sp³-hybridized carbons (Fsp3) is 0.250. The van der Waals surface area contributed by atoms with Crippen molar-refractivity contribution < 1.29 is 0 Å². The Balaban J connectivity index is 2.21. The zero-order chi connectivity index (χ0) is 18.4. The molecule has 0 saturated carbocycles. The normalized spacial score (nSPS) is 12.9. The van der Waals surface area contributed by atoms with Crippen LogP contribution in [0.25, 0.3) is 0 Å². The van der Waals surface area contributed by atoms with Gasteiger partial charge < -0.3 is 5.32 Å². The van der Waals surface area contributed by atoms with Crippen LogP contribution in [0.15, 0.2) is 91.0 Å². The van der Waals surface area contributed by atoms with Crippen LogP contribution in [0.1, 0.15) is 20.8 Å². The molecule has 0 aliphatic rings. The lowest BCUT2D eigenvalue weighted by Crippen LogP contribution is -2.42. The van der Waals surface area contributed by atoms with Crippen LogP contribution in [0, 0.1) is 0 Å². The van der Waals surface area contributed by atoms with Gasteiger partial charge in [0.25, 0.3) is 0 Å². The van der Waals surface area contributed by atoms with E-state index in [2.05, 4.69) is 117 Å². The maximum Gasteiger partial charge on any atom is 0.113 e. The van der Waals surface area contributed by atoms with E-state index in [-0.39, 0.29) is 0 Å². The van der Waals surface area contributed by atoms with Crippen molar-refractivity contribution in [3.05, 3.63) is 91.0 Å². The Morgan fingerprint density at radius 1 is 0.615 bits per heavy atom. The molecule has 1 unspecified atom stereocenters. The van der Waals surface area contributed by atoms with Crippen molar-refractivity contribution in [1.82, 2.24) is 5.32 Å². The summed E-state index contributed by atoms with van der Waals surface area (Å²) in [5.74, 6) is 0. The summed E-state index contributed by atoms with van der Waals surface area (Å²) < 4.78 is 0. The summed E-state index contributed by atoms with van der Waals surface area (Å²) >= 11 is 0. The van der Waals surface area contributed by atoms with Gasteiger partial charge in [0.2, 0.25) is 0 Å². The van der Waals surface area contributed by atoms with Crippen LogP contribution in [0.4, 0.5) is 0 Å². The first-order chi connectivity index (χ1) is 12.6. The fourth-order valence-corrected chi connectivity index (χ4v) is 8.34. The summed E-state index contributed by atoms with van der Waals surface area (Å²) in [6.07, 6.45) is 1.11. The molecule has 134 valence electrons. The molecule has 1 nitrogen and oxygen atoms in total. The van der Waals surface area contributed by atoms with Gasteiger partial charge in [0.1, 0.15) is 23.2 Å². The van der Waals surface area contributed by atoms with Crippen molar-refractivity contribution in [3.63, 3.8) is 0 Å². The summed E-state index contributed by atoms with van der Waals surface area (Å²) in [5.41, 5.74) is 0. The third kappa shape index (κ3) is 4.06. The van der Waals surface area contributed by atoms with Crippen molar-refractivity contribution >= 4 is 23.2 Å². The summed E-state index contributed by atoms with van der Waals surface area (Å²) in [5, 5.41) is 8.10. The molecule has 3 aromatic rings. The molecule has 1 atom stereocenters. The van der Waals surface area contributed by atoms with E-state index in [9.17, 15) is 0 Å². The van der Waals surface area contributed by atoms with E-state index >= 15 is 0 Å². The molecule has 1 N–H and O–H groups in total. The Morgan fingerprint density at radius 3 is 1.27 bits per heavy atom. The predicted molar refractivity (Wildman–Crippen MR) is 118 cm³/mol. The molecule has 0 spiro atoms. The van der Waals surface area contributed by atoms with Crippen molar-refractivity contribution in [3.8, 4) is 0 Å². The van der Waals surface area contributed by atoms with Gasteiger partial charge in [-0.15, -0.1) is 0 Å². The van der Waals surface area contributed by atoms with Crippen LogP contribution < -0.4 is 21.2 Å². The zero-order valence-electron chi connectivity index (χ0n) is 16.0. The SMILES string of the molecule is CC(C)NC(C)C[P+](c1ccccc1)(c1ccccc1)c1ccccc1. The van der Waals surface area contributed by atoms with Crippen molar-refractivity contribution in [2.24, 2.45) is 0 Å². The molecular weight excluding hydrogens is 333 g/mol. The fourth-order valence-electron chi connectivity index (χ4n) is 3.84. The molecule has 0 heterocycles. The van der Waals surface area contributed by atoms with E-state index in [0.717, 1.165) is 6.16 Å². The third-order valence-corrected chi connectivity index (χ3v) is 9.39. The van der Waals surface area contributed by atoms with Crippen LogP contribution >= 0.6 is 7.26 Å². The maximum absolute atomic E-state index is 3.74. The van der Waals surface area contributed by atoms with E-state index in [0.29, 0.717) is 12.1 Å². The van der Waals surface area contributed by atoms with E-state index in [1.807, 2.05) is 0 Å². The Hall–Kier alpha value is -1.95. The van der Waals surface area contributed by atoms with Gasteiger partial charge in [-0.1, -0.05) is 68.4 Å². The lowest BCUT2D eigenvalue weighted by Gasteiger charge is -2.31. The highest BCUT2D eigenvalue weighted by molar-refractivity contribution is 7.95. The van der Waals surface area contributed by atoms with Crippen molar-refractivity contribution in [2.75, 3.05) is 6.16 Å². The lowest BCUT2D eigenvalue weighted by molar-refractivity contribution is 0.521. The molecule has 3 aromatic carbocycles. The average Bonchev–Trinajstić information content (AvgIpc) is 2.67. The molecule has 0 aliphatic carbocycles. The number of hydrogen-bond donors (Lipinski definition) is 1. The van der Waals surface area contributed by atoms with Gasteiger partial charge in [-0.05, 0) is 43.3 Å². The first-order valence-electron chi connectivity index (χ1n) is 9.44. The number of rotatable bonds is 7. The monoisotopic (exact) mass is 362 g/mol. The van der Waals surface area contributed by atoms with Gasteiger partial charge >= 0.3 is 0 Å². The Bertz CT molecular complexity index is 688. The molecular formula is C24H29NP+. The van der Waals surface area contributed by atoms with Crippen LogP contribution in [0.2, 0.25) is 0 Å². The molecule has 0 fully saturated rings. The Kier molecular flexibility index (Phi) is 6.25. The predicted octanol–water partition coefficient (Wildman–Crippen LogP) is 4.37. The molecule has 2 heteroatoms. The summed E-state index contributed by atoms with van der Waals surface area (Å²) in [4.78, 5) is 0. The molecule has 0 saturated heterocycles. The molecule has 0 radical (unpaired) electrons. The Morgan fingerprint density at radius 2 is 0.962 bits per heavy atom. The van der Waals surface area contributed by atoms with E-state index in [1.165, 1.54) is 15.9 Å².